The number of carbonyl (C=O) groups is 1. The molecular formula is C19H20N2O4. The number of hydrogen-bond donors (Lipinski definition) is 2. The smallest absolute Gasteiger partial charge is 0.287 e. The fraction of sp³-hybridized carbons (Fsp3) is 0.316. The lowest BCUT2D eigenvalue weighted by Gasteiger charge is -2.11. The molecule has 1 fully saturated rings. The standard InChI is InChI=1S/C19H20N2O4/c22-19(21-12-16-4-2-8-24-16)18-10-13-9-14(5-6-17(13)25-18)20-11-15-3-1-7-23-15/h2,4-6,8-10,15,20H,1,3,7,11-12H2,(H,21,22). The highest BCUT2D eigenvalue weighted by Gasteiger charge is 2.16. The van der Waals surface area contributed by atoms with Crippen LogP contribution in [0.3, 0.4) is 0 Å². The van der Waals surface area contributed by atoms with Gasteiger partial charge in [0.25, 0.3) is 5.91 Å². The average Bonchev–Trinajstić information content (AvgIpc) is 3.38. The highest BCUT2D eigenvalue weighted by Crippen LogP contribution is 2.24. The van der Waals surface area contributed by atoms with Gasteiger partial charge in [-0.05, 0) is 49.2 Å². The first kappa shape index (κ1) is 15.8. The molecule has 6 nitrogen and oxygen atoms in total. The van der Waals surface area contributed by atoms with Crippen LogP contribution in [0.2, 0.25) is 0 Å². The van der Waals surface area contributed by atoms with E-state index in [9.17, 15) is 4.79 Å². The predicted molar refractivity (Wildman–Crippen MR) is 93.6 cm³/mol. The van der Waals surface area contributed by atoms with Crippen molar-refractivity contribution in [2.24, 2.45) is 0 Å². The maximum absolute atomic E-state index is 12.2. The van der Waals surface area contributed by atoms with Gasteiger partial charge in [0.15, 0.2) is 5.76 Å². The van der Waals surface area contributed by atoms with E-state index >= 15 is 0 Å². The molecule has 1 aliphatic rings. The first-order chi connectivity index (χ1) is 12.3. The van der Waals surface area contributed by atoms with E-state index in [0.29, 0.717) is 17.9 Å². The van der Waals surface area contributed by atoms with Crippen LogP contribution >= 0.6 is 0 Å². The van der Waals surface area contributed by atoms with E-state index in [2.05, 4.69) is 10.6 Å². The molecule has 1 aromatic carbocycles. The van der Waals surface area contributed by atoms with Crippen molar-refractivity contribution >= 4 is 22.6 Å². The number of hydrogen-bond acceptors (Lipinski definition) is 5. The van der Waals surface area contributed by atoms with Crippen LogP contribution in [0, 0.1) is 0 Å². The number of rotatable bonds is 6. The maximum Gasteiger partial charge on any atom is 0.287 e. The summed E-state index contributed by atoms with van der Waals surface area (Å²) in [6, 6.07) is 11.2. The lowest BCUT2D eigenvalue weighted by Crippen LogP contribution is -2.21. The zero-order valence-electron chi connectivity index (χ0n) is 13.8. The van der Waals surface area contributed by atoms with Crippen molar-refractivity contribution in [2.75, 3.05) is 18.5 Å². The molecule has 0 aliphatic carbocycles. The number of amides is 1. The molecule has 4 rings (SSSR count). The third kappa shape index (κ3) is 3.69. The quantitative estimate of drug-likeness (QED) is 0.718. The molecule has 1 saturated heterocycles. The van der Waals surface area contributed by atoms with E-state index in [-0.39, 0.29) is 17.8 Å². The van der Waals surface area contributed by atoms with E-state index in [1.807, 2.05) is 24.3 Å². The third-order valence-electron chi connectivity index (χ3n) is 4.30. The van der Waals surface area contributed by atoms with Gasteiger partial charge in [-0.1, -0.05) is 0 Å². The van der Waals surface area contributed by atoms with E-state index in [1.165, 1.54) is 0 Å². The van der Waals surface area contributed by atoms with Crippen LogP contribution in [0.1, 0.15) is 29.2 Å². The fourth-order valence-corrected chi connectivity index (χ4v) is 2.97. The van der Waals surface area contributed by atoms with E-state index in [4.69, 9.17) is 13.6 Å². The Morgan fingerprint density at radius 3 is 3.00 bits per heavy atom. The molecule has 3 heterocycles. The summed E-state index contributed by atoms with van der Waals surface area (Å²) in [6.45, 7) is 1.97. The Morgan fingerprint density at radius 2 is 2.20 bits per heavy atom. The lowest BCUT2D eigenvalue weighted by molar-refractivity contribution is 0.0922. The van der Waals surface area contributed by atoms with Crippen LogP contribution in [0.25, 0.3) is 11.0 Å². The second kappa shape index (κ2) is 7.03. The first-order valence-corrected chi connectivity index (χ1v) is 8.47. The third-order valence-corrected chi connectivity index (χ3v) is 4.30. The van der Waals surface area contributed by atoms with Gasteiger partial charge in [0, 0.05) is 24.2 Å². The number of anilines is 1. The van der Waals surface area contributed by atoms with Crippen LogP contribution < -0.4 is 10.6 Å². The highest BCUT2D eigenvalue weighted by atomic mass is 16.5. The number of fused-ring (bicyclic) bond motifs is 1. The monoisotopic (exact) mass is 340 g/mol. The predicted octanol–water partition coefficient (Wildman–Crippen LogP) is 3.55. The molecule has 0 spiro atoms. The van der Waals surface area contributed by atoms with Gasteiger partial charge in [-0.25, -0.2) is 0 Å². The summed E-state index contributed by atoms with van der Waals surface area (Å²) in [5.74, 6) is 0.726. The van der Waals surface area contributed by atoms with Crippen molar-refractivity contribution in [3.63, 3.8) is 0 Å². The average molecular weight is 340 g/mol. The second-order valence-corrected chi connectivity index (χ2v) is 6.14. The maximum atomic E-state index is 12.2. The number of furan rings is 2. The largest absolute Gasteiger partial charge is 0.467 e. The summed E-state index contributed by atoms with van der Waals surface area (Å²) in [5.41, 5.74) is 1.68. The molecule has 6 heteroatoms. The summed E-state index contributed by atoms with van der Waals surface area (Å²) >= 11 is 0. The van der Waals surface area contributed by atoms with Crippen LogP contribution in [0.15, 0.2) is 51.5 Å². The Labute approximate surface area is 145 Å². The van der Waals surface area contributed by atoms with Crippen molar-refractivity contribution in [2.45, 2.75) is 25.5 Å². The molecule has 0 bridgehead atoms. The van der Waals surface area contributed by atoms with Gasteiger partial charge >= 0.3 is 0 Å². The fourth-order valence-electron chi connectivity index (χ4n) is 2.97. The summed E-state index contributed by atoms with van der Waals surface area (Å²) < 4.78 is 16.5. The van der Waals surface area contributed by atoms with Gasteiger partial charge in [0.2, 0.25) is 0 Å². The summed E-state index contributed by atoms with van der Waals surface area (Å²) in [4.78, 5) is 12.2. The summed E-state index contributed by atoms with van der Waals surface area (Å²) in [6.07, 6.45) is 4.08. The zero-order valence-corrected chi connectivity index (χ0v) is 13.8. The van der Waals surface area contributed by atoms with E-state index in [1.54, 1.807) is 18.4 Å². The molecule has 2 aromatic heterocycles. The number of benzene rings is 1. The Balaban J connectivity index is 1.41. The Hall–Kier alpha value is -2.73. The number of carbonyl (C=O) groups excluding carboxylic acids is 1. The minimum Gasteiger partial charge on any atom is -0.467 e. The van der Waals surface area contributed by atoms with E-state index < -0.39 is 0 Å². The molecule has 0 radical (unpaired) electrons. The molecule has 25 heavy (non-hydrogen) atoms. The van der Waals surface area contributed by atoms with Gasteiger partial charge in [0.1, 0.15) is 11.3 Å². The van der Waals surface area contributed by atoms with Crippen LogP contribution in [-0.2, 0) is 11.3 Å². The Kier molecular flexibility index (Phi) is 4.43. The van der Waals surface area contributed by atoms with Gasteiger partial charge in [0.05, 0.1) is 18.9 Å². The lowest BCUT2D eigenvalue weighted by atomic mass is 10.2. The molecule has 3 aromatic rings. The number of nitrogens with one attached hydrogen (secondary N) is 2. The van der Waals surface area contributed by atoms with Crippen molar-refractivity contribution in [3.8, 4) is 0 Å². The van der Waals surface area contributed by atoms with Crippen molar-refractivity contribution < 1.29 is 18.4 Å². The highest BCUT2D eigenvalue weighted by molar-refractivity contribution is 5.96. The molecule has 130 valence electrons. The summed E-state index contributed by atoms with van der Waals surface area (Å²) in [5, 5.41) is 7.05. The van der Waals surface area contributed by atoms with Gasteiger partial charge in [-0.3, -0.25) is 4.79 Å². The van der Waals surface area contributed by atoms with Crippen LogP contribution in [-0.4, -0.2) is 25.2 Å². The topological polar surface area (TPSA) is 76.6 Å². The molecule has 1 amide bonds. The van der Waals surface area contributed by atoms with Crippen LogP contribution in [0.4, 0.5) is 5.69 Å². The van der Waals surface area contributed by atoms with Crippen LogP contribution in [0.5, 0.6) is 0 Å². The SMILES string of the molecule is O=C(NCc1ccco1)c1cc2cc(NCC3CCCO3)ccc2o1. The molecule has 1 atom stereocenters. The van der Waals surface area contributed by atoms with Crippen molar-refractivity contribution in [3.05, 3.63) is 54.2 Å². The molecule has 2 N–H and O–H groups in total. The number of ether oxygens (including phenoxy) is 1. The van der Waals surface area contributed by atoms with Crippen molar-refractivity contribution in [1.29, 1.82) is 0 Å². The second-order valence-electron chi connectivity index (χ2n) is 6.14. The van der Waals surface area contributed by atoms with Gasteiger partial charge in [-0.15, -0.1) is 0 Å². The molecule has 0 saturated carbocycles. The van der Waals surface area contributed by atoms with Gasteiger partial charge in [-0.2, -0.15) is 0 Å². The Bertz CT molecular complexity index is 848. The molecular weight excluding hydrogens is 320 g/mol. The first-order valence-electron chi connectivity index (χ1n) is 8.47. The normalized spacial score (nSPS) is 17.0. The summed E-state index contributed by atoms with van der Waals surface area (Å²) in [7, 11) is 0. The van der Waals surface area contributed by atoms with Crippen molar-refractivity contribution in [1.82, 2.24) is 5.32 Å². The zero-order chi connectivity index (χ0) is 17.1. The minimum absolute atomic E-state index is 0.263. The Morgan fingerprint density at radius 1 is 1.24 bits per heavy atom. The minimum atomic E-state index is -0.263. The molecule has 1 aliphatic heterocycles. The van der Waals surface area contributed by atoms with E-state index in [0.717, 1.165) is 37.1 Å². The van der Waals surface area contributed by atoms with Gasteiger partial charge < -0.3 is 24.2 Å². The molecule has 1 unspecified atom stereocenters.